The van der Waals surface area contributed by atoms with E-state index in [1.165, 1.54) is 24.1 Å². The highest BCUT2D eigenvalue weighted by molar-refractivity contribution is 5.46. The van der Waals surface area contributed by atoms with Crippen molar-refractivity contribution in [3.05, 3.63) is 51.7 Å². The van der Waals surface area contributed by atoms with E-state index in [2.05, 4.69) is 27.1 Å². The number of nitrogens with zero attached hydrogens (tertiary/aromatic N) is 4. The normalized spacial score (nSPS) is 18.2. The molecule has 2 aromatic rings. The Balaban J connectivity index is 1.41. The van der Waals surface area contributed by atoms with Crippen molar-refractivity contribution >= 4 is 5.69 Å². The number of hydrogen-bond acceptors (Lipinski definition) is 4. The van der Waals surface area contributed by atoms with Gasteiger partial charge in [-0.05, 0) is 69.1 Å². The fourth-order valence-electron chi connectivity index (χ4n) is 4.08. The van der Waals surface area contributed by atoms with Crippen molar-refractivity contribution in [3.63, 3.8) is 0 Å². The second-order valence-corrected chi connectivity index (χ2v) is 7.43. The van der Waals surface area contributed by atoms with Gasteiger partial charge < -0.3 is 4.90 Å². The molecule has 0 aromatic carbocycles. The highest BCUT2D eigenvalue weighted by atomic mass is 16.1. The fourth-order valence-corrected chi connectivity index (χ4v) is 4.08. The third-order valence-electron chi connectivity index (χ3n) is 5.56. The van der Waals surface area contributed by atoms with Gasteiger partial charge in [-0.25, -0.2) is 4.68 Å². The maximum atomic E-state index is 12.4. The van der Waals surface area contributed by atoms with Crippen molar-refractivity contribution in [1.82, 2.24) is 14.8 Å². The molecule has 0 radical (unpaired) electrons. The molecule has 2 aromatic heterocycles. The summed E-state index contributed by atoms with van der Waals surface area (Å²) < 4.78 is 1.72. The predicted molar refractivity (Wildman–Crippen MR) is 99.1 cm³/mol. The van der Waals surface area contributed by atoms with E-state index >= 15 is 0 Å². The third-order valence-corrected chi connectivity index (χ3v) is 5.56. The first kappa shape index (κ1) is 16.3. The van der Waals surface area contributed by atoms with Gasteiger partial charge in [0, 0.05) is 43.3 Å². The lowest BCUT2D eigenvalue weighted by Gasteiger charge is -2.33. The molecule has 132 valence electrons. The van der Waals surface area contributed by atoms with Crippen LogP contribution in [-0.2, 0) is 19.4 Å². The van der Waals surface area contributed by atoms with Crippen molar-refractivity contribution in [2.45, 2.75) is 52.0 Å². The molecule has 3 heterocycles. The molecule has 0 saturated carbocycles. The summed E-state index contributed by atoms with van der Waals surface area (Å²) in [5, 5.41) is 4.68. The standard InChI is InChI=1S/C20H26N4O/c1-15-12-18(6-9-21-15)23-10-7-16(8-11-23)14-24-20(25)13-17-4-2-3-5-19(17)22-24/h6,9,12-13,16H,2-5,7-8,10-11,14H2,1H3. The van der Waals surface area contributed by atoms with Crippen LogP contribution in [0.5, 0.6) is 0 Å². The van der Waals surface area contributed by atoms with Crippen LogP contribution >= 0.6 is 0 Å². The molecule has 1 fully saturated rings. The van der Waals surface area contributed by atoms with E-state index in [0.29, 0.717) is 5.92 Å². The van der Waals surface area contributed by atoms with Gasteiger partial charge in [-0.1, -0.05) is 0 Å². The minimum atomic E-state index is 0.0767. The zero-order valence-corrected chi connectivity index (χ0v) is 14.9. The molecule has 0 unspecified atom stereocenters. The number of piperidine rings is 1. The Kier molecular flexibility index (Phi) is 4.55. The smallest absolute Gasteiger partial charge is 0.267 e. The van der Waals surface area contributed by atoms with Gasteiger partial charge in [0.1, 0.15) is 0 Å². The molecular weight excluding hydrogens is 312 g/mol. The van der Waals surface area contributed by atoms with Crippen LogP contribution < -0.4 is 10.5 Å². The molecule has 0 spiro atoms. The average molecular weight is 338 g/mol. The summed E-state index contributed by atoms with van der Waals surface area (Å²) in [6.07, 6.45) is 8.51. The number of aromatic nitrogens is 3. The summed E-state index contributed by atoms with van der Waals surface area (Å²) in [4.78, 5) is 19.1. The summed E-state index contributed by atoms with van der Waals surface area (Å²) in [6.45, 7) is 4.86. The molecule has 4 rings (SSSR count). The van der Waals surface area contributed by atoms with Crippen molar-refractivity contribution in [3.8, 4) is 0 Å². The molecule has 5 heteroatoms. The largest absolute Gasteiger partial charge is 0.371 e. The highest BCUT2D eigenvalue weighted by Gasteiger charge is 2.21. The molecule has 1 saturated heterocycles. The first-order valence-corrected chi connectivity index (χ1v) is 9.46. The Morgan fingerprint density at radius 3 is 2.76 bits per heavy atom. The minimum Gasteiger partial charge on any atom is -0.371 e. The van der Waals surface area contributed by atoms with E-state index in [1.54, 1.807) is 4.68 Å². The molecule has 0 N–H and O–H groups in total. The molecule has 25 heavy (non-hydrogen) atoms. The number of fused-ring (bicyclic) bond motifs is 1. The van der Waals surface area contributed by atoms with Crippen molar-refractivity contribution in [2.75, 3.05) is 18.0 Å². The molecule has 0 bridgehead atoms. The Labute approximate surface area is 148 Å². The second kappa shape index (κ2) is 6.98. The lowest BCUT2D eigenvalue weighted by atomic mass is 9.95. The van der Waals surface area contributed by atoms with Crippen LogP contribution in [-0.4, -0.2) is 27.9 Å². The van der Waals surface area contributed by atoms with E-state index in [-0.39, 0.29) is 5.56 Å². The van der Waals surface area contributed by atoms with E-state index in [9.17, 15) is 4.79 Å². The number of aryl methyl sites for hydroxylation is 3. The zero-order chi connectivity index (χ0) is 17.2. The number of pyridine rings is 1. The summed E-state index contributed by atoms with van der Waals surface area (Å²) in [5.41, 5.74) is 4.72. The van der Waals surface area contributed by atoms with Gasteiger partial charge in [-0.2, -0.15) is 5.10 Å². The molecule has 0 atom stereocenters. The van der Waals surface area contributed by atoms with Crippen LogP contribution in [0.1, 0.15) is 42.6 Å². The zero-order valence-electron chi connectivity index (χ0n) is 14.9. The third kappa shape index (κ3) is 3.60. The van der Waals surface area contributed by atoms with Gasteiger partial charge in [0.05, 0.1) is 5.69 Å². The number of anilines is 1. The summed E-state index contributed by atoms with van der Waals surface area (Å²) in [7, 11) is 0. The molecule has 2 aliphatic rings. The lowest BCUT2D eigenvalue weighted by Crippen LogP contribution is -2.37. The van der Waals surface area contributed by atoms with Crippen molar-refractivity contribution in [2.24, 2.45) is 5.92 Å². The minimum absolute atomic E-state index is 0.0767. The van der Waals surface area contributed by atoms with E-state index < -0.39 is 0 Å². The maximum absolute atomic E-state index is 12.4. The first-order chi connectivity index (χ1) is 12.2. The molecule has 1 aliphatic carbocycles. The van der Waals surface area contributed by atoms with Crippen molar-refractivity contribution < 1.29 is 0 Å². The topological polar surface area (TPSA) is 51.0 Å². The van der Waals surface area contributed by atoms with Crippen LogP contribution in [0.2, 0.25) is 0 Å². The summed E-state index contributed by atoms with van der Waals surface area (Å²) >= 11 is 0. The van der Waals surface area contributed by atoms with Gasteiger partial charge in [0.2, 0.25) is 0 Å². The van der Waals surface area contributed by atoms with Gasteiger partial charge in [0.25, 0.3) is 5.56 Å². The molecule has 1 aliphatic heterocycles. The molecule has 0 amide bonds. The monoisotopic (exact) mass is 338 g/mol. The Hall–Kier alpha value is -2.17. The van der Waals surface area contributed by atoms with Gasteiger partial charge in [-0.3, -0.25) is 9.78 Å². The Bertz CT molecular complexity index is 806. The maximum Gasteiger partial charge on any atom is 0.267 e. The first-order valence-electron chi connectivity index (χ1n) is 9.46. The van der Waals surface area contributed by atoms with Crippen LogP contribution in [0.25, 0.3) is 0 Å². The fraction of sp³-hybridized carbons (Fsp3) is 0.550. The van der Waals surface area contributed by atoms with Crippen LogP contribution in [0, 0.1) is 12.8 Å². The Morgan fingerprint density at radius 1 is 1.16 bits per heavy atom. The predicted octanol–water partition coefficient (Wildman–Crippen LogP) is 2.74. The highest BCUT2D eigenvalue weighted by Crippen LogP contribution is 2.24. The molecule has 5 nitrogen and oxygen atoms in total. The SMILES string of the molecule is Cc1cc(N2CCC(Cn3nc4c(cc3=O)CCCC4)CC2)ccn1. The van der Waals surface area contributed by atoms with Gasteiger partial charge >= 0.3 is 0 Å². The quantitative estimate of drug-likeness (QED) is 0.863. The van der Waals surface area contributed by atoms with Gasteiger partial charge in [-0.15, -0.1) is 0 Å². The number of rotatable bonds is 3. The van der Waals surface area contributed by atoms with Gasteiger partial charge in [0.15, 0.2) is 0 Å². The van der Waals surface area contributed by atoms with Crippen LogP contribution in [0.3, 0.4) is 0 Å². The second-order valence-electron chi connectivity index (χ2n) is 7.43. The lowest BCUT2D eigenvalue weighted by molar-refractivity contribution is 0.332. The van der Waals surface area contributed by atoms with E-state index in [1.807, 2.05) is 19.2 Å². The Morgan fingerprint density at radius 2 is 1.96 bits per heavy atom. The van der Waals surface area contributed by atoms with Crippen molar-refractivity contribution in [1.29, 1.82) is 0 Å². The number of hydrogen-bond donors (Lipinski definition) is 0. The van der Waals surface area contributed by atoms with E-state index in [4.69, 9.17) is 0 Å². The molecular formula is C20H26N4O. The van der Waals surface area contributed by atoms with E-state index in [0.717, 1.165) is 56.7 Å². The average Bonchev–Trinajstić information content (AvgIpc) is 2.63. The van der Waals surface area contributed by atoms with Crippen LogP contribution in [0.15, 0.2) is 29.2 Å². The van der Waals surface area contributed by atoms with Crippen LogP contribution in [0.4, 0.5) is 5.69 Å². The summed E-state index contributed by atoms with van der Waals surface area (Å²) in [5.74, 6) is 0.533. The summed E-state index contributed by atoms with van der Waals surface area (Å²) in [6, 6.07) is 6.06.